The first kappa shape index (κ1) is 23.4. The van der Waals surface area contributed by atoms with E-state index in [1.165, 1.54) is 11.9 Å². The summed E-state index contributed by atoms with van der Waals surface area (Å²) in [5.74, 6) is 2.10. The molecule has 0 bridgehead atoms. The van der Waals surface area contributed by atoms with E-state index in [1.54, 1.807) is 19.5 Å². The van der Waals surface area contributed by atoms with Crippen LogP contribution in [0.5, 0.6) is 0 Å². The van der Waals surface area contributed by atoms with Crippen LogP contribution < -0.4 is 4.72 Å². The van der Waals surface area contributed by atoms with Crippen LogP contribution >= 0.6 is 23.5 Å². The van der Waals surface area contributed by atoms with Gasteiger partial charge in [0, 0.05) is 44.0 Å². The van der Waals surface area contributed by atoms with Crippen molar-refractivity contribution in [1.82, 2.24) is 29.7 Å². The van der Waals surface area contributed by atoms with E-state index in [4.69, 9.17) is 16.3 Å². The van der Waals surface area contributed by atoms with Gasteiger partial charge in [0.05, 0.1) is 10.3 Å². The highest BCUT2D eigenvalue weighted by Gasteiger charge is 2.24. The van der Waals surface area contributed by atoms with Crippen molar-refractivity contribution in [2.75, 3.05) is 11.8 Å². The minimum atomic E-state index is -0.299. The Morgan fingerprint density at radius 3 is 2.61 bits per heavy atom. The maximum Gasteiger partial charge on any atom is 0.234 e. The summed E-state index contributed by atoms with van der Waals surface area (Å²) in [6.07, 6.45) is 9.86. The van der Waals surface area contributed by atoms with Gasteiger partial charge < -0.3 is 4.74 Å². The predicted octanol–water partition coefficient (Wildman–Crippen LogP) is 5.12. The Labute approximate surface area is 192 Å². The molecule has 166 valence electrons. The molecule has 31 heavy (non-hydrogen) atoms. The molecule has 0 radical (unpaired) electrons. The van der Waals surface area contributed by atoms with Gasteiger partial charge in [0.25, 0.3) is 0 Å². The number of nitrogens with one attached hydrogen (secondary N) is 1. The summed E-state index contributed by atoms with van der Waals surface area (Å²) in [4.78, 5) is 12.9. The Bertz CT molecular complexity index is 967. The zero-order valence-corrected chi connectivity index (χ0v) is 19.8. The van der Waals surface area contributed by atoms with Crippen molar-refractivity contribution in [3.05, 3.63) is 47.3 Å². The molecule has 0 spiro atoms. The standard InChI is InChI=1S/C21H28ClN7OS/c1-5-6-7-8-29-20(16-9-14(2)10-23-11-16)26-27-21(29)28-31-15(3)18(30-4)19-24-12-17(22)13-25-19/h9-13,15,18H,5-8H2,1-4H3,(H,27,28). The number of hydrogen-bond donors (Lipinski definition) is 1. The molecule has 0 saturated carbocycles. The van der Waals surface area contributed by atoms with Crippen LogP contribution in [0.15, 0.2) is 30.9 Å². The Kier molecular flexibility index (Phi) is 8.62. The van der Waals surface area contributed by atoms with Crippen LogP contribution in [0.4, 0.5) is 5.95 Å². The lowest BCUT2D eigenvalue weighted by Crippen LogP contribution is -2.19. The highest BCUT2D eigenvalue weighted by molar-refractivity contribution is 8.01. The van der Waals surface area contributed by atoms with E-state index < -0.39 is 0 Å². The molecule has 3 heterocycles. The maximum atomic E-state index is 5.91. The van der Waals surface area contributed by atoms with E-state index in [0.29, 0.717) is 16.8 Å². The van der Waals surface area contributed by atoms with Crippen LogP contribution in [-0.2, 0) is 11.3 Å². The van der Waals surface area contributed by atoms with E-state index in [2.05, 4.69) is 47.4 Å². The molecule has 0 aromatic carbocycles. The Balaban J connectivity index is 1.77. The van der Waals surface area contributed by atoms with Gasteiger partial charge >= 0.3 is 0 Å². The molecule has 3 aromatic heterocycles. The van der Waals surface area contributed by atoms with Gasteiger partial charge in [-0.3, -0.25) is 14.3 Å². The fourth-order valence-corrected chi connectivity index (χ4v) is 4.08. The van der Waals surface area contributed by atoms with E-state index >= 15 is 0 Å². The molecule has 0 saturated heterocycles. The number of rotatable bonds is 11. The van der Waals surface area contributed by atoms with E-state index in [1.807, 2.05) is 26.2 Å². The minimum absolute atomic E-state index is 0.0102. The average molecular weight is 462 g/mol. The SMILES string of the molecule is CCCCCn1c(NSC(C)C(OC)c2ncc(Cl)cn2)nnc1-c1cncc(C)c1. The molecule has 0 amide bonds. The lowest BCUT2D eigenvalue weighted by Gasteiger charge is -2.21. The van der Waals surface area contributed by atoms with Crippen molar-refractivity contribution in [2.24, 2.45) is 0 Å². The molecule has 0 aliphatic heterocycles. The van der Waals surface area contributed by atoms with Crippen molar-refractivity contribution < 1.29 is 4.74 Å². The number of unbranched alkanes of at least 4 members (excludes halogenated alkanes) is 2. The topological polar surface area (TPSA) is 90.6 Å². The number of ether oxygens (including phenoxy) is 1. The number of methoxy groups -OCH3 is 1. The summed E-state index contributed by atoms with van der Waals surface area (Å²) in [7, 11) is 1.65. The van der Waals surface area contributed by atoms with Crippen LogP contribution in [0.1, 0.15) is 50.6 Å². The molecule has 1 N–H and O–H groups in total. The molecule has 3 aromatic rings. The highest BCUT2D eigenvalue weighted by Crippen LogP contribution is 2.29. The molecular formula is C21H28ClN7OS. The Morgan fingerprint density at radius 2 is 1.94 bits per heavy atom. The Morgan fingerprint density at radius 1 is 1.16 bits per heavy atom. The fourth-order valence-electron chi connectivity index (χ4n) is 3.18. The van der Waals surface area contributed by atoms with Gasteiger partial charge in [-0.05, 0) is 43.8 Å². The summed E-state index contributed by atoms with van der Waals surface area (Å²) >= 11 is 7.41. The molecule has 0 aliphatic carbocycles. The van der Waals surface area contributed by atoms with Crippen LogP contribution in [0, 0.1) is 6.92 Å². The number of aromatic nitrogens is 6. The van der Waals surface area contributed by atoms with Crippen LogP contribution in [0.3, 0.4) is 0 Å². The van der Waals surface area contributed by atoms with Gasteiger partial charge in [-0.25, -0.2) is 9.97 Å². The van der Waals surface area contributed by atoms with Crippen LogP contribution in [-0.4, -0.2) is 42.1 Å². The van der Waals surface area contributed by atoms with Crippen molar-refractivity contribution in [2.45, 2.75) is 57.9 Å². The largest absolute Gasteiger partial charge is 0.372 e. The molecule has 0 aliphatic rings. The molecule has 3 rings (SSSR count). The number of hydrogen-bond acceptors (Lipinski definition) is 8. The zero-order valence-electron chi connectivity index (χ0n) is 18.2. The second-order valence-corrected chi connectivity index (χ2v) is 8.92. The van der Waals surface area contributed by atoms with Gasteiger partial charge in [0.1, 0.15) is 6.10 Å². The third-order valence-corrected chi connectivity index (χ3v) is 5.89. The minimum Gasteiger partial charge on any atom is -0.372 e. The van der Waals surface area contributed by atoms with Crippen molar-refractivity contribution in [3.8, 4) is 11.4 Å². The van der Waals surface area contributed by atoms with Gasteiger partial charge in [0.15, 0.2) is 11.6 Å². The Hall–Kier alpha value is -2.23. The first-order chi connectivity index (χ1) is 15.0. The molecule has 10 heteroatoms. The third kappa shape index (κ3) is 6.15. The normalized spacial score (nSPS) is 13.2. The van der Waals surface area contributed by atoms with Crippen molar-refractivity contribution in [1.29, 1.82) is 0 Å². The number of pyridine rings is 1. The van der Waals surface area contributed by atoms with Gasteiger partial charge in [-0.15, -0.1) is 10.2 Å². The van der Waals surface area contributed by atoms with E-state index in [0.717, 1.165) is 42.8 Å². The molecule has 8 nitrogen and oxygen atoms in total. The molecule has 2 unspecified atom stereocenters. The summed E-state index contributed by atoms with van der Waals surface area (Å²) in [5, 5.41) is 9.36. The first-order valence-electron chi connectivity index (χ1n) is 10.3. The lowest BCUT2D eigenvalue weighted by molar-refractivity contribution is 0.0972. The highest BCUT2D eigenvalue weighted by atomic mass is 35.5. The summed E-state index contributed by atoms with van der Waals surface area (Å²) in [5.41, 5.74) is 2.04. The molecule has 0 fully saturated rings. The van der Waals surface area contributed by atoms with Crippen molar-refractivity contribution in [3.63, 3.8) is 0 Å². The summed E-state index contributed by atoms with van der Waals surface area (Å²) < 4.78 is 11.1. The lowest BCUT2D eigenvalue weighted by atomic mass is 10.2. The van der Waals surface area contributed by atoms with Crippen LogP contribution in [0.2, 0.25) is 5.02 Å². The van der Waals surface area contributed by atoms with E-state index in [9.17, 15) is 0 Å². The number of halogens is 1. The summed E-state index contributed by atoms with van der Waals surface area (Å²) in [6.45, 7) is 7.09. The first-order valence-corrected chi connectivity index (χ1v) is 11.6. The monoisotopic (exact) mass is 461 g/mol. The quantitative estimate of drug-likeness (QED) is 0.311. The average Bonchev–Trinajstić information content (AvgIpc) is 3.17. The maximum absolute atomic E-state index is 5.91. The van der Waals surface area contributed by atoms with Gasteiger partial charge in [0.2, 0.25) is 5.95 Å². The molecular weight excluding hydrogens is 434 g/mol. The smallest absolute Gasteiger partial charge is 0.234 e. The van der Waals surface area contributed by atoms with Gasteiger partial charge in [-0.2, -0.15) is 0 Å². The van der Waals surface area contributed by atoms with Crippen LogP contribution in [0.25, 0.3) is 11.4 Å². The summed E-state index contributed by atoms with van der Waals surface area (Å²) in [6, 6.07) is 2.08. The second kappa shape index (κ2) is 11.4. The van der Waals surface area contributed by atoms with E-state index in [-0.39, 0.29) is 11.4 Å². The van der Waals surface area contributed by atoms with Gasteiger partial charge in [-0.1, -0.05) is 31.4 Å². The molecule has 2 atom stereocenters. The zero-order chi connectivity index (χ0) is 22.2. The van der Waals surface area contributed by atoms with Crippen molar-refractivity contribution >= 4 is 29.5 Å². The number of nitrogens with zero attached hydrogens (tertiary/aromatic N) is 6. The number of aryl methyl sites for hydroxylation is 1. The number of anilines is 1. The third-order valence-electron chi connectivity index (χ3n) is 4.78. The predicted molar refractivity (Wildman–Crippen MR) is 125 cm³/mol. The second-order valence-electron chi connectivity index (χ2n) is 7.30. The fraction of sp³-hybridized carbons (Fsp3) is 0.476.